The topological polar surface area (TPSA) is 17.1 Å². The lowest BCUT2D eigenvalue weighted by atomic mass is 9.63. The minimum absolute atomic E-state index is 0.0378. The summed E-state index contributed by atoms with van der Waals surface area (Å²) < 4.78 is 0. The number of benzene rings is 2. The molecule has 33 heavy (non-hydrogen) atoms. The van der Waals surface area contributed by atoms with Gasteiger partial charge in [0.1, 0.15) is 0 Å². The summed E-state index contributed by atoms with van der Waals surface area (Å²) in [6.07, 6.45) is 6.67. The summed E-state index contributed by atoms with van der Waals surface area (Å²) in [5.74, 6) is 0.123. The van der Waals surface area contributed by atoms with E-state index in [1.807, 2.05) is 6.92 Å². The summed E-state index contributed by atoms with van der Waals surface area (Å²) in [4.78, 5) is 12.5. The Labute approximate surface area is 204 Å². The van der Waals surface area contributed by atoms with Crippen molar-refractivity contribution >= 4 is 15.0 Å². The highest BCUT2D eigenvalue weighted by Gasteiger charge is 2.50. The first-order chi connectivity index (χ1) is 15.5. The van der Waals surface area contributed by atoms with Gasteiger partial charge in [-0.1, -0.05) is 69.3 Å². The summed E-state index contributed by atoms with van der Waals surface area (Å²) in [6.45, 7) is 17.1. The monoisotopic (exact) mass is 460 g/mol. The van der Waals surface area contributed by atoms with E-state index in [2.05, 4.69) is 86.0 Å². The summed E-state index contributed by atoms with van der Waals surface area (Å²) in [5, 5.41) is 1.15. The number of aryl methyl sites for hydroxylation is 2. The van der Waals surface area contributed by atoms with Crippen LogP contribution in [0.5, 0.6) is 0 Å². The number of carbonyl (C=O) groups is 1. The van der Waals surface area contributed by atoms with Gasteiger partial charge in [-0.3, -0.25) is 4.79 Å². The Morgan fingerprint density at radius 2 is 1.55 bits per heavy atom. The quantitative estimate of drug-likeness (QED) is 0.221. The Hall–Kier alpha value is -1.98. The van der Waals surface area contributed by atoms with Crippen LogP contribution in [0.3, 0.4) is 0 Å². The molecule has 1 fully saturated rings. The minimum atomic E-state index is -0.0378. The first kappa shape index (κ1) is 25.6. The zero-order valence-corrected chi connectivity index (χ0v) is 22.6. The molecule has 0 saturated heterocycles. The third-order valence-corrected chi connectivity index (χ3v) is 9.42. The summed E-state index contributed by atoms with van der Waals surface area (Å²) in [6, 6.07) is 15.5. The van der Waals surface area contributed by atoms with E-state index in [-0.39, 0.29) is 16.6 Å². The first-order valence-electron chi connectivity index (χ1n) is 12.3. The lowest BCUT2D eigenvalue weighted by Crippen LogP contribution is -2.36. The maximum Gasteiger partial charge on any atom is 0.160 e. The van der Waals surface area contributed by atoms with Crippen LogP contribution in [0, 0.1) is 24.7 Å². The third-order valence-electron chi connectivity index (χ3n) is 8.50. The summed E-state index contributed by atoms with van der Waals surface area (Å²) >= 11 is 0. The minimum Gasteiger partial charge on any atom is -0.294 e. The molecule has 0 aromatic heterocycles. The molecule has 1 aliphatic rings. The second kappa shape index (κ2) is 10.1. The zero-order valence-electron chi connectivity index (χ0n) is 21.5. The fourth-order valence-corrected chi connectivity index (χ4v) is 6.83. The maximum absolute atomic E-state index is 12.5. The van der Waals surface area contributed by atoms with Gasteiger partial charge >= 0.3 is 0 Å². The Kier molecular flexibility index (Phi) is 7.85. The standard InChI is InChI=1S/C31H41OP/c1-21(2)28(24(5)32)29(33)31(7)19-11-18-30(31,6)20-27-17-16-26(22(3)23(27)4)15-14-25-12-9-8-10-13-25/h8-10,12-13,16-17H,1,11,14-15,18-20,33H2,2-7H3/b29-28-/t30?,31-/m1/s1. The van der Waals surface area contributed by atoms with Crippen LogP contribution in [-0.2, 0) is 24.1 Å². The molecule has 0 radical (unpaired) electrons. The molecule has 0 bridgehead atoms. The van der Waals surface area contributed by atoms with Crippen molar-refractivity contribution in [2.45, 2.75) is 80.1 Å². The highest BCUT2D eigenvalue weighted by Crippen LogP contribution is 2.61. The van der Waals surface area contributed by atoms with Gasteiger partial charge in [-0.15, -0.1) is 9.24 Å². The molecule has 176 valence electrons. The van der Waals surface area contributed by atoms with Crippen molar-refractivity contribution in [3.63, 3.8) is 0 Å². The van der Waals surface area contributed by atoms with Gasteiger partial charge in [-0.25, -0.2) is 0 Å². The molecule has 3 atom stereocenters. The van der Waals surface area contributed by atoms with Crippen LogP contribution < -0.4 is 0 Å². The third kappa shape index (κ3) is 5.09. The van der Waals surface area contributed by atoms with E-state index in [0.717, 1.165) is 42.1 Å². The van der Waals surface area contributed by atoms with Crippen LogP contribution in [0.4, 0.5) is 0 Å². The number of ketones is 1. The van der Waals surface area contributed by atoms with Crippen molar-refractivity contribution in [3.8, 4) is 0 Å². The number of rotatable bonds is 8. The van der Waals surface area contributed by atoms with Crippen molar-refractivity contribution in [1.82, 2.24) is 0 Å². The number of carbonyl (C=O) groups excluding carboxylic acids is 1. The SMILES string of the molecule is C=C(C)/C(C(C)=O)=C(/P)[C@@]1(C)CCCC1(C)Cc1ccc(CCc2ccccc2)c(C)c1C. The van der Waals surface area contributed by atoms with E-state index in [0.29, 0.717) is 0 Å². The largest absolute Gasteiger partial charge is 0.294 e. The molecule has 0 aliphatic heterocycles. The van der Waals surface area contributed by atoms with Crippen molar-refractivity contribution in [2.24, 2.45) is 10.8 Å². The average molecular weight is 461 g/mol. The van der Waals surface area contributed by atoms with Gasteiger partial charge in [0.25, 0.3) is 0 Å². The van der Waals surface area contributed by atoms with Gasteiger partial charge in [0.2, 0.25) is 0 Å². The lowest BCUT2D eigenvalue weighted by Gasteiger charge is -2.44. The smallest absolute Gasteiger partial charge is 0.160 e. The Morgan fingerprint density at radius 1 is 0.939 bits per heavy atom. The van der Waals surface area contributed by atoms with E-state index in [9.17, 15) is 4.79 Å². The molecular weight excluding hydrogens is 419 g/mol. The molecule has 1 aliphatic carbocycles. The first-order valence-corrected chi connectivity index (χ1v) is 12.9. The van der Waals surface area contributed by atoms with Gasteiger partial charge in [-0.05, 0) is 109 Å². The molecule has 0 spiro atoms. The average Bonchev–Trinajstić information content (AvgIpc) is 3.06. The molecular formula is C31H41OP. The van der Waals surface area contributed by atoms with Crippen molar-refractivity contribution < 1.29 is 4.79 Å². The predicted octanol–water partition coefficient (Wildman–Crippen LogP) is 8.12. The molecule has 3 rings (SSSR count). The fourth-order valence-electron chi connectivity index (χ4n) is 5.89. The van der Waals surface area contributed by atoms with Crippen molar-refractivity contribution in [1.29, 1.82) is 0 Å². The number of hydrogen-bond acceptors (Lipinski definition) is 1. The van der Waals surface area contributed by atoms with Gasteiger partial charge in [0.15, 0.2) is 5.78 Å². The Morgan fingerprint density at radius 3 is 2.15 bits per heavy atom. The lowest BCUT2D eigenvalue weighted by molar-refractivity contribution is -0.113. The van der Waals surface area contributed by atoms with E-state index in [1.54, 1.807) is 6.92 Å². The molecule has 2 aromatic carbocycles. The number of hydrogen-bond donors (Lipinski definition) is 0. The molecule has 0 heterocycles. The van der Waals surface area contributed by atoms with Crippen LogP contribution in [0.1, 0.15) is 74.8 Å². The molecule has 1 nitrogen and oxygen atoms in total. The van der Waals surface area contributed by atoms with Crippen LogP contribution in [0.25, 0.3) is 0 Å². The fraction of sp³-hybridized carbons (Fsp3) is 0.452. The van der Waals surface area contributed by atoms with Gasteiger partial charge in [0.05, 0.1) is 0 Å². The molecule has 2 aromatic rings. The van der Waals surface area contributed by atoms with Crippen LogP contribution in [0.2, 0.25) is 0 Å². The highest BCUT2D eigenvalue weighted by molar-refractivity contribution is 7.22. The van der Waals surface area contributed by atoms with Crippen molar-refractivity contribution in [3.05, 3.63) is 93.3 Å². The summed E-state index contributed by atoms with van der Waals surface area (Å²) in [7, 11) is 2.95. The van der Waals surface area contributed by atoms with E-state index in [1.165, 1.54) is 40.7 Å². The van der Waals surface area contributed by atoms with Crippen LogP contribution in [-0.4, -0.2) is 5.78 Å². The van der Waals surface area contributed by atoms with Gasteiger partial charge in [0, 0.05) is 5.57 Å². The molecule has 2 unspecified atom stereocenters. The second-order valence-corrected chi connectivity index (χ2v) is 11.2. The number of Topliss-reactive ketones (excluding diaryl/α,β-unsaturated/α-hetero) is 1. The van der Waals surface area contributed by atoms with E-state index >= 15 is 0 Å². The second-order valence-electron chi connectivity index (χ2n) is 10.7. The van der Waals surface area contributed by atoms with E-state index < -0.39 is 0 Å². The van der Waals surface area contributed by atoms with Crippen molar-refractivity contribution in [2.75, 3.05) is 0 Å². The van der Waals surface area contributed by atoms with E-state index in [4.69, 9.17) is 0 Å². The summed E-state index contributed by atoms with van der Waals surface area (Å²) in [5.41, 5.74) is 8.91. The highest BCUT2D eigenvalue weighted by atomic mass is 31.0. The zero-order chi connectivity index (χ0) is 24.4. The van der Waals surface area contributed by atoms with Crippen LogP contribution in [0.15, 0.2) is 65.5 Å². The molecule has 0 amide bonds. The molecule has 0 N–H and O–H groups in total. The maximum atomic E-state index is 12.5. The Balaban J connectivity index is 1.90. The normalized spacial score (nSPS) is 23.4. The Bertz CT molecular complexity index is 1060. The van der Waals surface area contributed by atoms with Gasteiger partial charge < -0.3 is 0 Å². The number of allylic oxidation sites excluding steroid dienone is 3. The van der Waals surface area contributed by atoms with Gasteiger partial charge in [-0.2, -0.15) is 0 Å². The molecule has 2 heteroatoms. The predicted molar refractivity (Wildman–Crippen MR) is 146 cm³/mol. The van der Waals surface area contributed by atoms with Crippen LogP contribution >= 0.6 is 9.24 Å². The molecule has 1 saturated carbocycles.